The number of rotatable bonds is 3. The minimum absolute atomic E-state index is 0.618. The zero-order valence-electron chi connectivity index (χ0n) is 8.95. The van der Waals surface area contributed by atoms with E-state index < -0.39 is 0 Å². The number of hydrogen-bond acceptors (Lipinski definition) is 1. The molecule has 0 saturated carbocycles. The monoisotopic (exact) mass is 267 g/mol. The molecule has 2 heteroatoms. The first-order valence-corrected chi connectivity index (χ1v) is 6.66. The molecule has 15 heavy (non-hydrogen) atoms. The normalized spacial score (nSPS) is 23.7. The van der Waals surface area contributed by atoms with Crippen molar-refractivity contribution in [1.29, 1.82) is 0 Å². The van der Waals surface area contributed by atoms with E-state index in [2.05, 4.69) is 51.6 Å². The Bertz CT molecular complexity index is 280. The minimum atomic E-state index is 0.618. The van der Waals surface area contributed by atoms with E-state index in [4.69, 9.17) is 0 Å². The third-order valence-electron chi connectivity index (χ3n) is 3.12. The molecule has 1 aromatic carbocycles. The second kappa shape index (κ2) is 5.66. The first-order valence-electron chi connectivity index (χ1n) is 5.75. The van der Waals surface area contributed by atoms with E-state index in [0.717, 1.165) is 12.3 Å². The minimum Gasteiger partial charge on any atom is -0.316 e. The third kappa shape index (κ3) is 3.32. The fourth-order valence-corrected chi connectivity index (χ4v) is 3.02. The van der Waals surface area contributed by atoms with Crippen LogP contribution in [0.2, 0.25) is 0 Å². The van der Waals surface area contributed by atoms with Crippen LogP contribution in [0.25, 0.3) is 0 Å². The van der Waals surface area contributed by atoms with Crippen molar-refractivity contribution in [2.75, 3.05) is 13.1 Å². The van der Waals surface area contributed by atoms with Gasteiger partial charge in [0.2, 0.25) is 0 Å². The lowest BCUT2D eigenvalue weighted by Gasteiger charge is -2.27. The Morgan fingerprint density at radius 1 is 1.33 bits per heavy atom. The second-order valence-electron chi connectivity index (χ2n) is 4.31. The van der Waals surface area contributed by atoms with E-state index in [1.807, 2.05) is 0 Å². The molecule has 0 aromatic heterocycles. The van der Waals surface area contributed by atoms with E-state index in [-0.39, 0.29) is 0 Å². The van der Waals surface area contributed by atoms with Crippen LogP contribution in [0.15, 0.2) is 30.3 Å². The average Bonchev–Trinajstić information content (AvgIpc) is 2.31. The van der Waals surface area contributed by atoms with E-state index in [1.54, 1.807) is 0 Å². The van der Waals surface area contributed by atoms with Crippen LogP contribution in [0.5, 0.6) is 0 Å². The summed E-state index contributed by atoms with van der Waals surface area (Å²) >= 11 is 3.84. The summed E-state index contributed by atoms with van der Waals surface area (Å²) in [4.78, 5) is 0.618. The molecule has 0 radical (unpaired) electrons. The maximum Gasteiger partial charge on any atom is 0.0226 e. The predicted molar refractivity (Wildman–Crippen MR) is 68.5 cm³/mol. The van der Waals surface area contributed by atoms with Gasteiger partial charge in [0.05, 0.1) is 0 Å². The van der Waals surface area contributed by atoms with Crippen molar-refractivity contribution in [1.82, 2.24) is 5.32 Å². The van der Waals surface area contributed by atoms with Crippen molar-refractivity contribution in [3.63, 3.8) is 0 Å². The van der Waals surface area contributed by atoms with Crippen molar-refractivity contribution < 1.29 is 0 Å². The van der Waals surface area contributed by atoms with Gasteiger partial charge >= 0.3 is 0 Å². The molecule has 1 nitrogen and oxygen atoms in total. The highest BCUT2D eigenvalue weighted by molar-refractivity contribution is 9.09. The molecular weight excluding hydrogens is 250 g/mol. The molecule has 1 aromatic rings. The Morgan fingerprint density at radius 2 is 2.13 bits per heavy atom. The molecule has 82 valence electrons. The molecular formula is C13H18BrN. The summed E-state index contributed by atoms with van der Waals surface area (Å²) in [5, 5.41) is 3.47. The molecule has 0 aliphatic carbocycles. The van der Waals surface area contributed by atoms with Gasteiger partial charge in [-0.15, -0.1) is 0 Å². The van der Waals surface area contributed by atoms with Gasteiger partial charge in [-0.3, -0.25) is 0 Å². The van der Waals surface area contributed by atoms with Gasteiger partial charge in [0.1, 0.15) is 0 Å². The molecule has 2 unspecified atom stereocenters. The Morgan fingerprint density at radius 3 is 2.80 bits per heavy atom. The van der Waals surface area contributed by atoms with Gasteiger partial charge in [0, 0.05) is 4.83 Å². The molecule has 1 N–H and O–H groups in total. The van der Waals surface area contributed by atoms with Crippen LogP contribution in [0.4, 0.5) is 0 Å². The highest BCUT2D eigenvalue weighted by Gasteiger charge is 2.21. The van der Waals surface area contributed by atoms with Crippen LogP contribution < -0.4 is 5.32 Å². The first kappa shape index (κ1) is 11.2. The molecule has 1 aliphatic heterocycles. The van der Waals surface area contributed by atoms with Gasteiger partial charge in [0.25, 0.3) is 0 Å². The fraction of sp³-hybridized carbons (Fsp3) is 0.538. The van der Waals surface area contributed by atoms with Gasteiger partial charge in [-0.25, -0.2) is 0 Å². The molecule has 1 fully saturated rings. The van der Waals surface area contributed by atoms with Gasteiger partial charge < -0.3 is 5.32 Å². The summed E-state index contributed by atoms with van der Waals surface area (Å²) in [6.07, 6.45) is 3.82. The van der Waals surface area contributed by atoms with E-state index in [9.17, 15) is 0 Å². The zero-order valence-corrected chi connectivity index (χ0v) is 10.5. The standard InChI is InChI=1S/C13H18BrN/c14-13(12-7-4-8-15-10-12)9-11-5-2-1-3-6-11/h1-3,5-6,12-13,15H,4,7-10H2. The maximum atomic E-state index is 3.84. The lowest BCUT2D eigenvalue weighted by molar-refractivity contribution is 0.369. The Hall–Kier alpha value is -0.340. The Balaban J connectivity index is 1.88. The molecule has 2 rings (SSSR count). The number of piperidine rings is 1. The number of benzene rings is 1. The van der Waals surface area contributed by atoms with Crippen molar-refractivity contribution >= 4 is 15.9 Å². The molecule has 1 aliphatic rings. The van der Waals surface area contributed by atoms with E-state index in [0.29, 0.717) is 4.83 Å². The zero-order chi connectivity index (χ0) is 10.5. The number of nitrogens with one attached hydrogen (secondary N) is 1. The van der Waals surface area contributed by atoms with Gasteiger partial charge in [0.15, 0.2) is 0 Å². The number of halogens is 1. The summed E-state index contributed by atoms with van der Waals surface area (Å²) in [6.45, 7) is 2.37. The number of hydrogen-bond donors (Lipinski definition) is 1. The Kier molecular flexibility index (Phi) is 4.21. The van der Waals surface area contributed by atoms with Gasteiger partial charge in [-0.1, -0.05) is 46.3 Å². The SMILES string of the molecule is BrC(Cc1ccccc1)C1CCCNC1. The number of alkyl halides is 1. The van der Waals surface area contributed by atoms with Crippen molar-refractivity contribution in [3.05, 3.63) is 35.9 Å². The molecule has 0 spiro atoms. The van der Waals surface area contributed by atoms with Crippen LogP contribution in [0.1, 0.15) is 18.4 Å². The Labute approximate surface area is 100 Å². The molecule has 2 atom stereocenters. The second-order valence-corrected chi connectivity index (χ2v) is 5.49. The summed E-state index contributed by atoms with van der Waals surface area (Å²) in [7, 11) is 0. The lowest BCUT2D eigenvalue weighted by Crippen LogP contribution is -2.35. The molecule has 1 saturated heterocycles. The summed E-state index contributed by atoms with van der Waals surface area (Å²) in [5.74, 6) is 0.791. The quantitative estimate of drug-likeness (QED) is 0.831. The van der Waals surface area contributed by atoms with Crippen LogP contribution in [0.3, 0.4) is 0 Å². The smallest absolute Gasteiger partial charge is 0.0226 e. The molecule has 0 bridgehead atoms. The van der Waals surface area contributed by atoms with Crippen molar-refractivity contribution in [2.45, 2.75) is 24.1 Å². The summed E-state index contributed by atoms with van der Waals surface area (Å²) in [6, 6.07) is 10.7. The van der Waals surface area contributed by atoms with Crippen LogP contribution in [-0.2, 0) is 6.42 Å². The van der Waals surface area contributed by atoms with Gasteiger partial charge in [-0.2, -0.15) is 0 Å². The summed E-state index contributed by atoms with van der Waals surface area (Å²) < 4.78 is 0. The van der Waals surface area contributed by atoms with Crippen LogP contribution >= 0.6 is 15.9 Å². The van der Waals surface area contributed by atoms with Crippen molar-refractivity contribution in [2.24, 2.45) is 5.92 Å². The average molecular weight is 268 g/mol. The molecule has 0 amide bonds. The van der Waals surface area contributed by atoms with Gasteiger partial charge in [-0.05, 0) is 43.8 Å². The topological polar surface area (TPSA) is 12.0 Å². The predicted octanol–water partition coefficient (Wildman–Crippen LogP) is 2.99. The van der Waals surface area contributed by atoms with Crippen LogP contribution in [0, 0.1) is 5.92 Å². The largest absolute Gasteiger partial charge is 0.316 e. The fourth-order valence-electron chi connectivity index (χ4n) is 2.19. The van der Waals surface area contributed by atoms with E-state index >= 15 is 0 Å². The highest BCUT2D eigenvalue weighted by Crippen LogP contribution is 2.23. The first-order chi connectivity index (χ1) is 7.36. The third-order valence-corrected chi connectivity index (χ3v) is 4.19. The highest BCUT2D eigenvalue weighted by atomic mass is 79.9. The van der Waals surface area contributed by atoms with E-state index in [1.165, 1.54) is 31.5 Å². The summed E-state index contributed by atoms with van der Waals surface area (Å²) in [5.41, 5.74) is 1.44. The van der Waals surface area contributed by atoms with Crippen LogP contribution in [-0.4, -0.2) is 17.9 Å². The lowest BCUT2D eigenvalue weighted by atomic mass is 9.92. The maximum absolute atomic E-state index is 3.84. The molecule has 1 heterocycles. The van der Waals surface area contributed by atoms with Crippen molar-refractivity contribution in [3.8, 4) is 0 Å².